The van der Waals surface area contributed by atoms with Crippen molar-refractivity contribution in [3.63, 3.8) is 0 Å². The zero-order valence-electron chi connectivity index (χ0n) is 17.0. The molecule has 0 saturated carbocycles. The van der Waals surface area contributed by atoms with E-state index in [-0.39, 0.29) is 24.0 Å². The van der Waals surface area contributed by atoms with Gasteiger partial charge >= 0.3 is 0 Å². The first-order valence-electron chi connectivity index (χ1n) is 9.61. The summed E-state index contributed by atoms with van der Waals surface area (Å²) < 4.78 is 5.27. The average Bonchev–Trinajstić information content (AvgIpc) is 2.78. The number of nitrogens with one attached hydrogen (secondary N) is 2. The molecule has 3 rings (SSSR count). The van der Waals surface area contributed by atoms with E-state index in [2.05, 4.69) is 25.5 Å². The van der Waals surface area contributed by atoms with Crippen LogP contribution in [0.1, 0.15) is 21.7 Å². The van der Waals surface area contributed by atoms with Gasteiger partial charge in [-0.25, -0.2) is 4.98 Å². The number of nitrogens with two attached hydrogens (primary N) is 1. The second-order valence-electron chi connectivity index (χ2n) is 6.56. The van der Waals surface area contributed by atoms with Gasteiger partial charge in [-0.1, -0.05) is 6.07 Å². The topological polar surface area (TPSA) is 160 Å². The molecule has 1 saturated heterocycles. The van der Waals surface area contributed by atoms with E-state index in [0.717, 1.165) is 24.3 Å². The van der Waals surface area contributed by atoms with Crippen LogP contribution < -0.4 is 16.4 Å². The number of nitrogens with zero attached hydrogens (tertiary/aromatic N) is 3. The Hall–Kier alpha value is -3.57. The molecule has 166 valence electrons. The molecule has 2 amide bonds. The van der Waals surface area contributed by atoms with Gasteiger partial charge in [-0.2, -0.15) is 0 Å². The van der Waals surface area contributed by atoms with E-state index < -0.39 is 0 Å². The molecule has 3 heterocycles. The Morgan fingerprint density at radius 1 is 1.19 bits per heavy atom. The van der Waals surface area contributed by atoms with E-state index in [0.29, 0.717) is 38.7 Å². The molecule has 11 nitrogen and oxygen atoms in total. The van der Waals surface area contributed by atoms with Crippen LogP contribution >= 0.6 is 0 Å². The van der Waals surface area contributed by atoms with Gasteiger partial charge in [0.15, 0.2) is 0 Å². The van der Waals surface area contributed by atoms with Crippen LogP contribution in [0.3, 0.4) is 0 Å². The van der Waals surface area contributed by atoms with Crippen LogP contribution in [0.15, 0.2) is 36.5 Å². The first-order valence-corrected chi connectivity index (χ1v) is 9.61. The van der Waals surface area contributed by atoms with E-state index in [1.807, 2.05) is 12.1 Å². The van der Waals surface area contributed by atoms with Crippen molar-refractivity contribution < 1.29 is 24.2 Å². The molecule has 0 aromatic carbocycles. The fraction of sp³-hybridized carbons (Fsp3) is 0.350. The van der Waals surface area contributed by atoms with Crippen molar-refractivity contribution in [3.05, 3.63) is 53.5 Å². The predicted molar refractivity (Wildman–Crippen MR) is 112 cm³/mol. The summed E-state index contributed by atoms with van der Waals surface area (Å²) in [5, 5.41) is 12.6. The summed E-state index contributed by atoms with van der Waals surface area (Å²) >= 11 is 0. The molecule has 0 spiro atoms. The number of pyridine rings is 2. The smallest absolute Gasteiger partial charge is 0.290 e. The summed E-state index contributed by atoms with van der Waals surface area (Å²) in [6.07, 6.45) is 1.66. The van der Waals surface area contributed by atoms with E-state index >= 15 is 0 Å². The number of nitrogen functional groups attached to an aromatic ring is 1. The Balaban J connectivity index is 0.00000107. The van der Waals surface area contributed by atoms with Gasteiger partial charge in [0.1, 0.15) is 11.5 Å². The third-order valence-corrected chi connectivity index (χ3v) is 4.27. The number of hydrogen-bond donors (Lipinski definition) is 4. The highest BCUT2D eigenvalue weighted by Crippen LogP contribution is 2.04. The summed E-state index contributed by atoms with van der Waals surface area (Å²) in [5.74, 6) is -0.0497. The predicted octanol–water partition coefficient (Wildman–Crippen LogP) is -0.362. The van der Waals surface area contributed by atoms with Gasteiger partial charge in [-0.05, 0) is 29.8 Å². The maximum atomic E-state index is 12.1. The Labute approximate surface area is 179 Å². The van der Waals surface area contributed by atoms with Crippen molar-refractivity contribution in [3.8, 4) is 0 Å². The summed E-state index contributed by atoms with van der Waals surface area (Å²) in [6.45, 7) is 3.62. The fourth-order valence-electron chi connectivity index (χ4n) is 2.79. The van der Waals surface area contributed by atoms with Crippen LogP contribution in [0.2, 0.25) is 0 Å². The number of amides is 2. The number of rotatable bonds is 7. The Morgan fingerprint density at radius 3 is 2.65 bits per heavy atom. The minimum Gasteiger partial charge on any atom is -0.483 e. The lowest BCUT2D eigenvalue weighted by atomic mass is 10.2. The summed E-state index contributed by atoms with van der Waals surface area (Å²) in [4.78, 5) is 42.9. The summed E-state index contributed by atoms with van der Waals surface area (Å²) in [7, 11) is 0. The van der Waals surface area contributed by atoms with Crippen molar-refractivity contribution in [1.82, 2.24) is 25.5 Å². The van der Waals surface area contributed by atoms with Crippen molar-refractivity contribution in [2.45, 2.75) is 13.1 Å². The molecule has 5 N–H and O–H groups in total. The van der Waals surface area contributed by atoms with Crippen molar-refractivity contribution in [1.29, 1.82) is 0 Å². The number of morpholine rings is 1. The maximum Gasteiger partial charge on any atom is 0.290 e. The minimum absolute atomic E-state index is 0.0462. The molecule has 2 aromatic heterocycles. The number of carbonyl (C=O) groups excluding carboxylic acids is 2. The highest BCUT2D eigenvalue weighted by atomic mass is 16.5. The third-order valence-electron chi connectivity index (χ3n) is 4.27. The number of hydrogen-bond acceptors (Lipinski definition) is 8. The zero-order valence-corrected chi connectivity index (χ0v) is 17.0. The van der Waals surface area contributed by atoms with Gasteiger partial charge in [-0.15, -0.1) is 0 Å². The van der Waals surface area contributed by atoms with E-state index in [9.17, 15) is 9.59 Å². The zero-order chi connectivity index (χ0) is 22.5. The Kier molecular flexibility index (Phi) is 9.85. The van der Waals surface area contributed by atoms with Crippen molar-refractivity contribution in [2.24, 2.45) is 0 Å². The lowest BCUT2D eigenvalue weighted by Crippen LogP contribution is -2.43. The first kappa shape index (κ1) is 23.7. The lowest BCUT2D eigenvalue weighted by molar-refractivity contribution is -0.124. The number of carbonyl (C=O) groups is 3. The SMILES string of the molecule is Nc1cccc(C(=O)NCc2ccnc(CNC(=O)CN3CCOCC3)c2)n1.O=CO. The average molecular weight is 430 g/mol. The molecule has 0 radical (unpaired) electrons. The molecular formula is C20H26N6O5. The van der Waals surface area contributed by atoms with Gasteiger partial charge in [0, 0.05) is 25.8 Å². The van der Waals surface area contributed by atoms with Crippen LogP contribution in [-0.2, 0) is 27.4 Å². The Bertz CT molecular complexity index is 873. The van der Waals surface area contributed by atoms with E-state index in [4.69, 9.17) is 20.4 Å². The maximum absolute atomic E-state index is 12.1. The van der Waals surface area contributed by atoms with Crippen LogP contribution in [0.25, 0.3) is 0 Å². The molecule has 31 heavy (non-hydrogen) atoms. The molecule has 11 heteroatoms. The quantitative estimate of drug-likeness (QED) is 0.430. The van der Waals surface area contributed by atoms with Crippen LogP contribution in [0.5, 0.6) is 0 Å². The van der Waals surface area contributed by atoms with Gasteiger partial charge in [0.05, 0.1) is 32.0 Å². The molecule has 1 aliphatic heterocycles. The van der Waals surface area contributed by atoms with E-state index in [1.165, 1.54) is 0 Å². The fourth-order valence-corrected chi connectivity index (χ4v) is 2.79. The van der Waals surface area contributed by atoms with Crippen molar-refractivity contribution in [2.75, 3.05) is 38.6 Å². The second kappa shape index (κ2) is 12.9. The third kappa shape index (κ3) is 8.76. The van der Waals surface area contributed by atoms with Crippen LogP contribution in [0.4, 0.5) is 5.82 Å². The summed E-state index contributed by atoms with van der Waals surface area (Å²) in [6, 6.07) is 8.57. The molecule has 1 aliphatic rings. The summed E-state index contributed by atoms with van der Waals surface area (Å²) in [5.41, 5.74) is 7.47. The van der Waals surface area contributed by atoms with E-state index in [1.54, 1.807) is 24.4 Å². The van der Waals surface area contributed by atoms with Gasteiger partial charge in [0.2, 0.25) is 5.91 Å². The normalized spacial score (nSPS) is 13.4. The highest BCUT2D eigenvalue weighted by molar-refractivity contribution is 5.92. The minimum atomic E-state index is -0.301. The molecule has 2 aromatic rings. The van der Waals surface area contributed by atoms with Gasteiger partial charge in [-0.3, -0.25) is 24.3 Å². The standard InChI is InChI=1S/C19H24N6O3.CH2O2/c20-17-3-1-2-16(24-17)19(27)23-11-14-4-5-21-15(10-14)12-22-18(26)13-25-6-8-28-9-7-25;2-1-3/h1-5,10H,6-9,11-13H2,(H2,20,24)(H,22,26)(H,23,27);1H,(H,2,3). The van der Waals surface area contributed by atoms with Gasteiger partial charge in [0.25, 0.3) is 12.4 Å². The first-order chi connectivity index (χ1) is 15.0. The van der Waals surface area contributed by atoms with Crippen LogP contribution in [0, 0.1) is 0 Å². The lowest BCUT2D eigenvalue weighted by Gasteiger charge is -2.25. The molecule has 0 bridgehead atoms. The molecular weight excluding hydrogens is 404 g/mol. The number of carboxylic acid groups (broad SMARTS) is 1. The number of anilines is 1. The van der Waals surface area contributed by atoms with Gasteiger partial charge < -0.3 is 26.2 Å². The molecule has 0 aliphatic carbocycles. The highest BCUT2D eigenvalue weighted by Gasteiger charge is 2.14. The monoisotopic (exact) mass is 430 g/mol. The molecule has 0 unspecified atom stereocenters. The Morgan fingerprint density at radius 2 is 1.94 bits per heavy atom. The molecule has 0 atom stereocenters. The molecule has 1 fully saturated rings. The second-order valence-corrected chi connectivity index (χ2v) is 6.56. The van der Waals surface area contributed by atoms with Crippen LogP contribution in [-0.4, -0.2) is 71.1 Å². The number of aromatic nitrogens is 2. The number of ether oxygens (including phenoxy) is 1. The largest absolute Gasteiger partial charge is 0.483 e. The van der Waals surface area contributed by atoms with Crippen molar-refractivity contribution >= 4 is 24.1 Å².